The van der Waals surface area contributed by atoms with Crippen LogP contribution in [0, 0.1) is 0 Å². The molecule has 0 aromatic heterocycles. The van der Waals surface area contributed by atoms with Crippen LogP contribution in [0.15, 0.2) is 48.0 Å². The first-order valence-corrected chi connectivity index (χ1v) is 9.41. The third kappa shape index (κ3) is 3.05. The summed E-state index contributed by atoms with van der Waals surface area (Å²) in [4.78, 5) is 40.7. The molecule has 6 nitrogen and oxygen atoms in total. The molecule has 1 fully saturated rings. The average molecular weight is 396 g/mol. The number of carbonyl (C=O) groups is 3. The minimum absolute atomic E-state index is 0.107. The molecule has 0 aliphatic carbocycles. The Hall–Kier alpha value is -3.12. The maximum absolute atomic E-state index is 12.9. The van der Waals surface area contributed by atoms with Crippen LogP contribution in [-0.2, 0) is 16.0 Å². The number of anilines is 2. The molecule has 4 amide bonds. The number of para-hydroxylation sites is 1. The lowest BCUT2D eigenvalue weighted by atomic mass is 10.0. The van der Waals surface area contributed by atoms with Crippen molar-refractivity contribution in [1.29, 1.82) is 0 Å². The summed E-state index contributed by atoms with van der Waals surface area (Å²) in [5.74, 6) is -1.41. The topological polar surface area (TPSA) is 69.7 Å². The number of halogens is 1. The molecule has 28 heavy (non-hydrogen) atoms. The molecular formula is C21H18ClN3O3. The first kappa shape index (κ1) is 18.3. The van der Waals surface area contributed by atoms with Crippen LogP contribution >= 0.6 is 11.6 Å². The lowest BCUT2D eigenvalue weighted by molar-refractivity contribution is -0.122. The van der Waals surface area contributed by atoms with Crippen molar-refractivity contribution < 1.29 is 14.4 Å². The van der Waals surface area contributed by atoms with Crippen molar-refractivity contribution in [3.63, 3.8) is 0 Å². The van der Waals surface area contributed by atoms with Gasteiger partial charge in [0.15, 0.2) is 0 Å². The molecule has 7 heteroatoms. The monoisotopic (exact) mass is 395 g/mol. The molecule has 0 spiro atoms. The number of fused-ring (bicyclic) bond motifs is 1. The SMILES string of the molecule is CCN1CCc2cc(/C=C3/C(=O)NC(=O)N(c4ccccc4Cl)C3=O)ccc21. The number of benzene rings is 2. The Labute approximate surface area is 167 Å². The van der Waals surface area contributed by atoms with E-state index in [-0.39, 0.29) is 16.3 Å². The van der Waals surface area contributed by atoms with E-state index in [1.807, 2.05) is 18.2 Å². The number of hydrogen-bond donors (Lipinski definition) is 1. The summed E-state index contributed by atoms with van der Waals surface area (Å²) >= 11 is 6.14. The summed E-state index contributed by atoms with van der Waals surface area (Å²) in [6.45, 7) is 4.00. The Balaban J connectivity index is 1.71. The summed E-state index contributed by atoms with van der Waals surface area (Å²) in [7, 11) is 0. The van der Waals surface area contributed by atoms with Gasteiger partial charge in [0.05, 0.1) is 10.7 Å². The summed E-state index contributed by atoms with van der Waals surface area (Å²) in [6, 6.07) is 11.5. The number of nitrogens with one attached hydrogen (secondary N) is 1. The van der Waals surface area contributed by atoms with Crippen LogP contribution in [0.25, 0.3) is 6.08 Å². The smallest absolute Gasteiger partial charge is 0.335 e. The highest BCUT2D eigenvalue weighted by atomic mass is 35.5. The number of barbiturate groups is 1. The number of nitrogens with zero attached hydrogens (tertiary/aromatic N) is 2. The van der Waals surface area contributed by atoms with Crippen LogP contribution < -0.4 is 15.1 Å². The molecule has 1 N–H and O–H groups in total. The fraction of sp³-hybridized carbons (Fsp3) is 0.190. The number of carbonyl (C=O) groups excluding carboxylic acids is 3. The Morgan fingerprint density at radius 1 is 1.11 bits per heavy atom. The van der Waals surface area contributed by atoms with Gasteiger partial charge in [0, 0.05) is 18.8 Å². The number of urea groups is 1. The van der Waals surface area contributed by atoms with E-state index in [0.29, 0.717) is 0 Å². The van der Waals surface area contributed by atoms with Crippen LogP contribution in [-0.4, -0.2) is 30.9 Å². The van der Waals surface area contributed by atoms with Crippen molar-refractivity contribution >= 4 is 46.9 Å². The van der Waals surface area contributed by atoms with Crippen LogP contribution in [0.2, 0.25) is 5.02 Å². The standard InChI is InChI=1S/C21H18ClN3O3/c1-2-24-10-9-14-11-13(7-8-17(14)24)12-15-19(26)23-21(28)25(20(15)27)18-6-4-3-5-16(18)22/h3-8,11-12H,2,9-10H2,1H3,(H,23,26,28)/b15-12-. The van der Waals surface area contributed by atoms with Gasteiger partial charge >= 0.3 is 6.03 Å². The molecule has 0 atom stereocenters. The van der Waals surface area contributed by atoms with Crippen molar-refractivity contribution in [2.45, 2.75) is 13.3 Å². The number of likely N-dealkylation sites (N-methyl/N-ethyl adjacent to an activating group) is 1. The fourth-order valence-electron chi connectivity index (χ4n) is 3.58. The highest BCUT2D eigenvalue weighted by Crippen LogP contribution is 2.31. The summed E-state index contributed by atoms with van der Waals surface area (Å²) < 4.78 is 0. The van der Waals surface area contributed by atoms with E-state index in [1.165, 1.54) is 17.3 Å². The van der Waals surface area contributed by atoms with Gasteiger partial charge in [-0.15, -0.1) is 0 Å². The lowest BCUT2D eigenvalue weighted by Crippen LogP contribution is -2.54. The zero-order valence-corrected chi connectivity index (χ0v) is 16.0. The van der Waals surface area contributed by atoms with Crippen molar-refractivity contribution in [2.24, 2.45) is 0 Å². The normalized spacial score (nSPS) is 17.9. The zero-order valence-electron chi connectivity index (χ0n) is 15.2. The van der Waals surface area contributed by atoms with Crippen LogP contribution in [0.4, 0.5) is 16.2 Å². The van der Waals surface area contributed by atoms with Crippen LogP contribution in [0.3, 0.4) is 0 Å². The van der Waals surface area contributed by atoms with Crippen molar-refractivity contribution in [3.05, 3.63) is 64.2 Å². The van der Waals surface area contributed by atoms with E-state index in [1.54, 1.807) is 24.3 Å². The van der Waals surface area contributed by atoms with Crippen LogP contribution in [0.5, 0.6) is 0 Å². The van der Waals surface area contributed by atoms with E-state index in [4.69, 9.17) is 11.6 Å². The molecular weight excluding hydrogens is 378 g/mol. The molecule has 1 saturated heterocycles. The Kier molecular flexibility index (Phi) is 4.65. The number of imide groups is 2. The summed E-state index contributed by atoms with van der Waals surface area (Å²) in [5.41, 5.74) is 3.22. The van der Waals surface area contributed by atoms with E-state index in [2.05, 4.69) is 17.1 Å². The van der Waals surface area contributed by atoms with Crippen molar-refractivity contribution in [1.82, 2.24) is 5.32 Å². The third-order valence-corrected chi connectivity index (χ3v) is 5.30. The predicted molar refractivity (Wildman–Crippen MR) is 108 cm³/mol. The maximum atomic E-state index is 12.9. The molecule has 2 aliphatic heterocycles. The van der Waals surface area contributed by atoms with Gasteiger partial charge in [-0.25, -0.2) is 9.69 Å². The molecule has 2 aromatic rings. The second-order valence-corrected chi connectivity index (χ2v) is 7.03. The van der Waals surface area contributed by atoms with Crippen LogP contribution in [0.1, 0.15) is 18.1 Å². The quantitative estimate of drug-likeness (QED) is 0.639. The number of amides is 4. The highest BCUT2D eigenvalue weighted by molar-refractivity contribution is 6.42. The molecule has 142 valence electrons. The molecule has 4 rings (SSSR count). The van der Waals surface area contributed by atoms with Gasteiger partial charge in [-0.2, -0.15) is 0 Å². The first-order chi connectivity index (χ1) is 13.5. The highest BCUT2D eigenvalue weighted by Gasteiger charge is 2.37. The predicted octanol–water partition coefficient (Wildman–Crippen LogP) is 3.39. The minimum Gasteiger partial charge on any atom is -0.371 e. The molecule has 2 heterocycles. The number of rotatable bonds is 3. The van der Waals surface area contributed by atoms with Crippen molar-refractivity contribution in [3.8, 4) is 0 Å². The van der Waals surface area contributed by atoms with Gasteiger partial charge < -0.3 is 4.90 Å². The summed E-state index contributed by atoms with van der Waals surface area (Å²) in [5, 5.41) is 2.46. The Morgan fingerprint density at radius 3 is 2.64 bits per heavy atom. The second kappa shape index (κ2) is 7.13. The fourth-order valence-corrected chi connectivity index (χ4v) is 3.80. The van der Waals surface area contributed by atoms with E-state index < -0.39 is 17.8 Å². The number of hydrogen-bond acceptors (Lipinski definition) is 4. The van der Waals surface area contributed by atoms with Gasteiger partial charge in [-0.3, -0.25) is 14.9 Å². The first-order valence-electron chi connectivity index (χ1n) is 9.03. The molecule has 0 unspecified atom stereocenters. The average Bonchev–Trinajstić information content (AvgIpc) is 3.09. The Bertz CT molecular complexity index is 1030. The van der Waals surface area contributed by atoms with Gasteiger partial charge in [-0.05, 0) is 54.8 Å². The van der Waals surface area contributed by atoms with Gasteiger partial charge in [0.25, 0.3) is 11.8 Å². The molecule has 0 radical (unpaired) electrons. The third-order valence-electron chi connectivity index (χ3n) is 4.98. The van der Waals surface area contributed by atoms with E-state index >= 15 is 0 Å². The largest absolute Gasteiger partial charge is 0.371 e. The van der Waals surface area contributed by atoms with E-state index in [9.17, 15) is 14.4 Å². The maximum Gasteiger partial charge on any atom is 0.335 e. The van der Waals surface area contributed by atoms with Crippen molar-refractivity contribution in [2.75, 3.05) is 22.9 Å². The second-order valence-electron chi connectivity index (χ2n) is 6.63. The van der Waals surface area contributed by atoms with Gasteiger partial charge in [0.1, 0.15) is 5.57 Å². The molecule has 0 bridgehead atoms. The molecule has 0 saturated carbocycles. The minimum atomic E-state index is -0.812. The molecule has 2 aliphatic rings. The lowest BCUT2D eigenvalue weighted by Gasteiger charge is -2.27. The molecule has 2 aromatic carbocycles. The van der Waals surface area contributed by atoms with E-state index in [0.717, 1.165) is 30.0 Å². The van der Waals surface area contributed by atoms with Gasteiger partial charge in [-0.1, -0.05) is 29.8 Å². The zero-order chi connectivity index (χ0) is 19.8. The Morgan fingerprint density at radius 2 is 1.89 bits per heavy atom. The summed E-state index contributed by atoms with van der Waals surface area (Å²) in [6.07, 6.45) is 2.44. The van der Waals surface area contributed by atoms with Gasteiger partial charge in [0.2, 0.25) is 0 Å².